The number of hydrogen-bond donors (Lipinski definition) is 0. The Bertz CT molecular complexity index is 260. The first-order chi connectivity index (χ1) is 5.73. The SMILES string of the molecule is C=C[Si](C)(O[SiH3])c1ccccc1. The minimum absolute atomic E-state index is 0.782. The zero-order valence-corrected chi connectivity index (χ0v) is 10.6. The van der Waals surface area contributed by atoms with Crippen LogP contribution >= 0.6 is 0 Å². The molecule has 0 spiro atoms. The van der Waals surface area contributed by atoms with Crippen molar-refractivity contribution in [3.63, 3.8) is 0 Å². The van der Waals surface area contributed by atoms with Crippen molar-refractivity contribution in [1.82, 2.24) is 0 Å². The van der Waals surface area contributed by atoms with Gasteiger partial charge in [0.25, 0.3) is 0 Å². The van der Waals surface area contributed by atoms with Crippen molar-refractivity contribution in [3.05, 3.63) is 42.6 Å². The summed E-state index contributed by atoms with van der Waals surface area (Å²) in [6, 6.07) is 10.3. The van der Waals surface area contributed by atoms with E-state index in [9.17, 15) is 0 Å². The van der Waals surface area contributed by atoms with Crippen molar-refractivity contribution in [3.8, 4) is 0 Å². The highest BCUT2D eigenvalue weighted by Gasteiger charge is 2.24. The summed E-state index contributed by atoms with van der Waals surface area (Å²) < 4.78 is 5.63. The first kappa shape index (κ1) is 9.44. The lowest BCUT2D eigenvalue weighted by molar-refractivity contribution is 0.635. The molecule has 1 unspecified atom stereocenters. The van der Waals surface area contributed by atoms with Gasteiger partial charge in [-0.15, -0.1) is 6.58 Å². The Hall–Kier alpha value is -0.646. The van der Waals surface area contributed by atoms with E-state index in [1.54, 1.807) is 0 Å². The van der Waals surface area contributed by atoms with Crippen LogP contribution in [0.15, 0.2) is 42.6 Å². The third-order valence-electron chi connectivity index (χ3n) is 2.16. The summed E-state index contributed by atoms with van der Waals surface area (Å²) in [5.74, 6) is 0. The van der Waals surface area contributed by atoms with Crippen LogP contribution in [0.3, 0.4) is 0 Å². The van der Waals surface area contributed by atoms with Crippen LogP contribution in [0.2, 0.25) is 6.55 Å². The van der Waals surface area contributed by atoms with E-state index in [1.165, 1.54) is 5.19 Å². The normalized spacial score (nSPS) is 15.4. The second-order valence-electron chi connectivity index (χ2n) is 2.88. The average Bonchev–Trinajstić information content (AvgIpc) is 2.18. The molecule has 1 rings (SSSR count). The molecule has 0 aliphatic rings. The highest BCUT2D eigenvalue weighted by atomic mass is 28.4. The molecule has 0 saturated carbocycles. The largest absolute Gasteiger partial charge is 0.458 e. The Morgan fingerprint density at radius 1 is 1.42 bits per heavy atom. The minimum atomic E-state index is -1.75. The van der Waals surface area contributed by atoms with Crippen LogP contribution in [0.5, 0.6) is 0 Å². The fourth-order valence-electron chi connectivity index (χ4n) is 1.09. The van der Waals surface area contributed by atoms with Crippen molar-refractivity contribution in [2.75, 3.05) is 0 Å². The summed E-state index contributed by atoms with van der Waals surface area (Å²) in [5.41, 5.74) is 1.98. The van der Waals surface area contributed by atoms with E-state index in [0.717, 1.165) is 10.5 Å². The van der Waals surface area contributed by atoms with Crippen molar-refractivity contribution < 1.29 is 4.12 Å². The standard InChI is InChI=1S/C9H14OSi2/c1-3-12(2,10-11)9-7-5-4-6-8-9/h3-8H,1H2,2,11H3. The minimum Gasteiger partial charge on any atom is -0.458 e. The highest BCUT2D eigenvalue weighted by Crippen LogP contribution is 2.04. The van der Waals surface area contributed by atoms with Crippen molar-refractivity contribution >= 4 is 24.0 Å². The molecule has 12 heavy (non-hydrogen) atoms. The first-order valence-corrected chi connectivity index (χ1v) is 7.27. The Balaban J connectivity index is 3.03. The molecular formula is C9H14OSi2. The fraction of sp³-hybridized carbons (Fsp3) is 0.111. The van der Waals surface area contributed by atoms with Gasteiger partial charge in [0, 0.05) is 0 Å². The van der Waals surface area contributed by atoms with Crippen molar-refractivity contribution in [1.29, 1.82) is 0 Å². The molecule has 1 aromatic rings. The molecule has 0 aliphatic heterocycles. The lowest BCUT2D eigenvalue weighted by atomic mass is 10.4. The molecule has 1 nitrogen and oxygen atoms in total. The zero-order valence-electron chi connectivity index (χ0n) is 7.58. The maximum absolute atomic E-state index is 5.63. The van der Waals surface area contributed by atoms with Gasteiger partial charge in [-0.1, -0.05) is 36.0 Å². The van der Waals surface area contributed by atoms with Gasteiger partial charge in [0.15, 0.2) is 0 Å². The molecule has 0 amide bonds. The van der Waals surface area contributed by atoms with Crippen molar-refractivity contribution in [2.45, 2.75) is 6.55 Å². The summed E-state index contributed by atoms with van der Waals surface area (Å²) in [6.07, 6.45) is 0. The molecule has 3 heteroatoms. The smallest absolute Gasteiger partial charge is 0.233 e. The van der Waals surface area contributed by atoms with E-state index in [-0.39, 0.29) is 0 Å². The average molecular weight is 194 g/mol. The molecule has 1 atom stereocenters. The molecule has 0 radical (unpaired) electrons. The monoisotopic (exact) mass is 194 g/mol. The van der Waals surface area contributed by atoms with E-state index in [2.05, 4.69) is 25.3 Å². The zero-order chi connectivity index (χ0) is 9.03. The second kappa shape index (κ2) is 3.84. The van der Waals surface area contributed by atoms with E-state index in [1.807, 2.05) is 23.9 Å². The topological polar surface area (TPSA) is 9.23 Å². The van der Waals surface area contributed by atoms with Gasteiger partial charge in [0.2, 0.25) is 8.32 Å². The lowest BCUT2D eigenvalue weighted by Crippen LogP contribution is -2.45. The summed E-state index contributed by atoms with van der Waals surface area (Å²) in [5, 5.41) is 1.30. The predicted octanol–water partition coefficient (Wildman–Crippen LogP) is 0.491. The third kappa shape index (κ3) is 1.74. The van der Waals surface area contributed by atoms with Gasteiger partial charge < -0.3 is 4.12 Å². The van der Waals surface area contributed by atoms with E-state index < -0.39 is 8.32 Å². The van der Waals surface area contributed by atoms with Gasteiger partial charge in [0.05, 0.1) is 0 Å². The van der Waals surface area contributed by atoms with E-state index >= 15 is 0 Å². The molecule has 0 saturated heterocycles. The van der Waals surface area contributed by atoms with Crippen LogP contribution in [0, 0.1) is 0 Å². The van der Waals surface area contributed by atoms with Gasteiger partial charge >= 0.3 is 0 Å². The summed E-state index contributed by atoms with van der Waals surface area (Å²) in [7, 11) is -0.966. The third-order valence-corrected chi connectivity index (χ3v) is 7.81. The highest BCUT2D eigenvalue weighted by molar-refractivity contribution is 6.91. The molecule has 0 aromatic heterocycles. The fourth-order valence-corrected chi connectivity index (χ4v) is 3.79. The Kier molecular flexibility index (Phi) is 3.02. The van der Waals surface area contributed by atoms with Gasteiger partial charge in [-0.3, -0.25) is 0 Å². The molecule has 0 N–H and O–H groups in total. The number of benzene rings is 1. The quantitative estimate of drug-likeness (QED) is 0.637. The maximum Gasteiger partial charge on any atom is 0.233 e. The second-order valence-corrected chi connectivity index (χ2v) is 7.71. The number of rotatable bonds is 3. The summed E-state index contributed by atoms with van der Waals surface area (Å²) >= 11 is 0. The van der Waals surface area contributed by atoms with Crippen LogP contribution in [0.1, 0.15) is 0 Å². The van der Waals surface area contributed by atoms with Crippen LogP contribution in [-0.4, -0.2) is 18.8 Å². The van der Waals surface area contributed by atoms with Gasteiger partial charge in [0.1, 0.15) is 10.5 Å². The van der Waals surface area contributed by atoms with E-state index in [4.69, 9.17) is 4.12 Å². The molecular weight excluding hydrogens is 180 g/mol. The predicted molar refractivity (Wildman–Crippen MR) is 58.9 cm³/mol. The van der Waals surface area contributed by atoms with Crippen LogP contribution in [0.4, 0.5) is 0 Å². The van der Waals surface area contributed by atoms with Gasteiger partial charge in [-0.2, -0.15) is 0 Å². The first-order valence-electron chi connectivity index (χ1n) is 3.97. The summed E-state index contributed by atoms with van der Waals surface area (Å²) in [6.45, 7) is 6.01. The Labute approximate surface area is 77.7 Å². The van der Waals surface area contributed by atoms with Crippen LogP contribution in [0.25, 0.3) is 0 Å². The van der Waals surface area contributed by atoms with Crippen molar-refractivity contribution in [2.24, 2.45) is 0 Å². The van der Waals surface area contributed by atoms with E-state index in [0.29, 0.717) is 0 Å². The molecule has 0 heterocycles. The van der Waals surface area contributed by atoms with Crippen LogP contribution < -0.4 is 5.19 Å². The van der Waals surface area contributed by atoms with Crippen LogP contribution in [-0.2, 0) is 4.12 Å². The lowest BCUT2D eigenvalue weighted by Gasteiger charge is -2.21. The molecule has 64 valence electrons. The Morgan fingerprint density at radius 3 is 2.42 bits per heavy atom. The molecule has 0 fully saturated rings. The maximum atomic E-state index is 5.63. The van der Waals surface area contributed by atoms with Gasteiger partial charge in [-0.25, -0.2) is 0 Å². The Morgan fingerprint density at radius 2 is 2.00 bits per heavy atom. The molecule has 0 aliphatic carbocycles. The number of hydrogen-bond acceptors (Lipinski definition) is 1. The molecule has 0 bridgehead atoms. The summed E-state index contributed by atoms with van der Waals surface area (Å²) in [4.78, 5) is 0. The molecule has 1 aromatic carbocycles. The van der Waals surface area contributed by atoms with Gasteiger partial charge in [-0.05, 0) is 11.7 Å².